The number of carbonyl (C=O) groups is 1. The first-order valence-corrected chi connectivity index (χ1v) is 7.12. The predicted molar refractivity (Wildman–Crippen MR) is 79.5 cm³/mol. The van der Waals surface area contributed by atoms with Gasteiger partial charge in [0.1, 0.15) is 0 Å². The number of esters is 1. The summed E-state index contributed by atoms with van der Waals surface area (Å²) >= 11 is 7.44. The number of ether oxygens (including phenoxy) is 1. The van der Waals surface area contributed by atoms with E-state index in [1.165, 1.54) is 11.0 Å². The van der Waals surface area contributed by atoms with Gasteiger partial charge in [0.15, 0.2) is 0 Å². The molecule has 2 rings (SSSR count). The van der Waals surface area contributed by atoms with Gasteiger partial charge in [-0.05, 0) is 35.2 Å². The molecular weight excluding hydrogens is 280 g/mol. The van der Waals surface area contributed by atoms with Crippen LogP contribution in [0.25, 0.3) is 6.08 Å². The Balaban J connectivity index is 1.76. The number of carbonyl (C=O) groups excluding carboxylic acids is 1. The van der Waals surface area contributed by atoms with E-state index in [1.54, 1.807) is 29.5 Å². The Morgan fingerprint density at radius 3 is 2.74 bits per heavy atom. The van der Waals surface area contributed by atoms with Crippen molar-refractivity contribution in [2.75, 3.05) is 6.61 Å². The van der Waals surface area contributed by atoms with Crippen molar-refractivity contribution in [2.24, 2.45) is 0 Å². The van der Waals surface area contributed by atoms with E-state index < -0.39 is 0 Å². The molecule has 0 atom stereocenters. The molecule has 0 aliphatic rings. The van der Waals surface area contributed by atoms with Crippen LogP contribution in [0.1, 0.15) is 10.4 Å². The van der Waals surface area contributed by atoms with Crippen LogP contribution in [0.5, 0.6) is 0 Å². The van der Waals surface area contributed by atoms with Crippen molar-refractivity contribution in [1.29, 1.82) is 0 Å². The zero-order valence-corrected chi connectivity index (χ0v) is 11.8. The second-order valence-corrected chi connectivity index (χ2v) is 5.35. The fraction of sp³-hybridized carbons (Fsp3) is 0.133. The number of hydrogen-bond acceptors (Lipinski definition) is 3. The van der Waals surface area contributed by atoms with Crippen LogP contribution in [0.15, 0.2) is 47.9 Å². The molecule has 2 nitrogen and oxygen atoms in total. The SMILES string of the molecule is O=C(/C=C/c1ccc(Cl)cc1)OCCc1cccs1. The maximum absolute atomic E-state index is 11.5. The van der Waals surface area contributed by atoms with Crippen molar-refractivity contribution >= 4 is 35.0 Å². The quantitative estimate of drug-likeness (QED) is 0.610. The van der Waals surface area contributed by atoms with Crippen molar-refractivity contribution in [3.05, 3.63) is 63.3 Å². The van der Waals surface area contributed by atoms with Crippen LogP contribution in [0.4, 0.5) is 0 Å². The molecule has 0 saturated carbocycles. The van der Waals surface area contributed by atoms with Gasteiger partial charge in [-0.25, -0.2) is 4.79 Å². The minimum absolute atomic E-state index is 0.327. The number of benzene rings is 1. The van der Waals surface area contributed by atoms with E-state index in [1.807, 2.05) is 29.6 Å². The molecule has 0 fully saturated rings. The van der Waals surface area contributed by atoms with Crippen LogP contribution in [0.2, 0.25) is 5.02 Å². The Kier molecular flexibility index (Phi) is 5.19. The Morgan fingerprint density at radius 2 is 2.05 bits per heavy atom. The van der Waals surface area contributed by atoms with Gasteiger partial charge in [-0.2, -0.15) is 0 Å². The number of hydrogen-bond donors (Lipinski definition) is 0. The topological polar surface area (TPSA) is 26.3 Å². The summed E-state index contributed by atoms with van der Waals surface area (Å²) < 4.78 is 5.12. The summed E-state index contributed by atoms with van der Waals surface area (Å²) in [5, 5.41) is 2.69. The van der Waals surface area contributed by atoms with Crippen LogP contribution < -0.4 is 0 Å². The minimum Gasteiger partial charge on any atom is -0.462 e. The summed E-state index contributed by atoms with van der Waals surface area (Å²) in [6.45, 7) is 0.407. The Bertz CT molecular complexity index is 544. The zero-order chi connectivity index (χ0) is 13.5. The molecule has 0 saturated heterocycles. The zero-order valence-electron chi connectivity index (χ0n) is 10.2. The van der Waals surface area contributed by atoms with Crippen molar-refractivity contribution in [3.8, 4) is 0 Å². The summed E-state index contributed by atoms with van der Waals surface area (Å²) in [5.74, 6) is -0.327. The molecule has 0 unspecified atom stereocenters. The third kappa shape index (κ3) is 4.89. The third-order valence-corrected chi connectivity index (χ3v) is 3.64. The van der Waals surface area contributed by atoms with Gasteiger partial charge >= 0.3 is 5.97 Å². The minimum atomic E-state index is -0.327. The maximum atomic E-state index is 11.5. The van der Waals surface area contributed by atoms with Gasteiger partial charge in [0.25, 0.3) is 0 Å². The predicted octanol–water partition coefficient (Wildman–Crippen LogP) is 4.20. The van der Waals surface area contributed by atoms with Gasteiger partial charge in [0.05, 0.1) is 6.61 Å². The average molecular weight is 293 g/mol. The number of thiophene rings is 1. The normalized spacial score (nSPS) is 10.8. The molecule has 0 bridgehead atoms. The maximum Gasteiger partial charge on any atom is 0.330 e. The summed E-state index contributed by atoms with van der Waals surface area (Å²) in [6.07, 6.45) is 3.90. The molecule has 2 aromatic rings. The summed E-state index contributed by atoms with van der Waals surface area (Å²) in [4.78, 5) is 12.7. The highest BCUT2D eigenvalue weighted by molar-refractivity contribution is 7.09. The lowest BCUT2D eigenvalue weighted by Crippen LogP contribution is -2.03. The van der Waals surface area contributed by atoms with Crippen molar-refractivity contribution < 1.29 is 9.53 Å². The van der Waals surface area contributed by atoms with Gasteiger partial charge in [-0.1, -0.05) is 29.8 Å². The molecule has 1 heterocycles. The fourth-order valence-corrected chi connectivity index (χ4v) is 2.31. The second-order valence-electron chi connectivity index (χ2n) is 3.88. The van der Waals surface area contributed by atoms with E-state index in [-0.39, 0.29) is 5.97 Å². The highest BCUT2D eigenvalue weighted by Crippen LogP contribution is 2.11. The van der Waals surface area contributed by atoms with Crippen molar-refractivity contribution in [2.45, 2.75) is 6.42 Å². The van der Waals surface area contributed by atoms with E-state index in [4.69, 9.17) is 16.3 Å². The molecule has 1 aromatic carbocycles. The monoisotopic (exact) mass is 292 g/mol. The molecule has 1 aromatic heterocycles. The second kappa shape index (κ2) is 7.12. The first kappa shape index (κ1) is 13.8. The molecule has 0 radical (unpaired) electrons. The Morgan fingerprint density at radius 1 is 1.26 bits per heavy atom. The van der Waals surface area contributed by atoms with Crippen LogP contribution in [0, 0.1) is 0 Å². The molecule has 0 spiro atoms. The lowest BCUT2D eigenvalue weighted by atomic mass is 10.2. The van der Waals surface area contributed by atoms with Crippen LogP contribution in [-0.2, 0) is 16.0 Å². The largest absolute Gasteiger partial charge is 0.462 e. The Hall–Kier alpha value is -1.58. The van der Waals surface area contributed by atoms with Crippen LogP contribution in [-0.4, -0.2) is 12.6 Å². The standard InChI is InChI=1S/C15H13ClO2S/c16-13-6-3-12(4-7-13)5-8-15(17)18-10-9-14-2-1-11-19-14/h1-8,11H,9-10H2/b8-5+. The van der Waals surface area contributed by atoms with Crippen LogP contribution in [0.3, 0.4) is 0 Å². The highest BCUT2D eigenvalue weighted by Gasteiger charge is 1.99. The van der Waals surface area contributed by atoms with E-state index >= 15 is 0 Å². The molecule has 19 heavy (non-hydrogen) atoms. The summed E-state index contributed by atoms with van der Waals surface area (Å²) in [6, 6.07) is 11.3. The lowest BCUT2D eigenvalue weighted by Gasteiger charge is -2.00. The molecule has 0 aliphatic heterocycles. The van der Waals surface area contributed by atoms with Crippen molar-refractivity contribution in [1.82, 2.24) is 0 Å². The molecular formula is C15H13ClO2S. The van der Waals surface area contributed by atoms with Crippen molar-refractivity contribution in [3.63, 3.8) is 0 Å². The van der Waals surface area contributed by atoms with Gasteiger partial charge in [-0.3, -0.25) is 0 Å². The first-order chi connectivity index (χ1) is 9.24. The molecule has 4 heteroatoms. The highest BCUT2D eigenvalue weighted by atomic mass is 35.5. The summed E-state index contributed by atoms with van der Waals surface area (Å²) in [7, 11) is 0. The summed E-state index contributed by atoms with van der Waals surface area (Å²) in [5.41, 5.74) is 0.916. The van der Waals surface area contributed by atoms with E-state index in [2.05, 4.69) is 0 Å². The lowest BCUT2D eigenvalue weighted by molar-refractivity contribution is -0.137. The third-order valence-electron chi connectivity index (χ3n) is 2.45. The number of rotatable bonds is 5. The molecule has 98 valence electrons. The van der Waals surface area contributed by atoms with Gasteiger partial charge < -0.3 is 4.74 Å². The van der Waals surface area contributed by atoms with Gasteiger partial charge in [0.2, 0.25) is 0 Å². The van der Waals surface area contributed by atoms with Gasteiger partial charge in [0, 0.05) is 22.4 Å². The molecule has 0 N–H and O–H groups in total. The fourth-order valence-electron chi connectivity index (χ4n) is 1.49. The van der Waals surface area contributed by atoms with E-state index in [9.17, 15) is 4.79 Å². The van der Waals surface area contributed by atoms with Gasteiger partial charge in [-0.15, -0.1) is 11.3 Å². The Labute approximate surface area is 121 Å². The average Bonchev–Trinajstić information content (AvgIpc) is 2.91. The van der Waals surface area contributed by atoms with Crippen LogP contribution >= 0.6 is 22.9 Å². The number of halogens is 1. The first-order valence-electron chi connectivity index (χ1n) is 5.87. The molecule has 0 aliphatic carbocycles. The smallest absolute Gasteiger partial charge is 0.330 e. The van der Waals surface area contributed by atoms with E-state index in [0.29, 0.717) is 11.6 Å². The van der Waals surface area contributed by atoms with E-state index in [0.717, 1.165) is 12.0 Å². The molecule has 0 amide bonds.